The van der Waals surface area contributed by atoms with Gasteiger partial charge in [-0.2, -0.15) is 0 Å². The van der Waals surface area contributed by atoms with E-state index in [1.165, 1.54) is 6.07 Å². The van der Waals surface area contributed by atoms with Gasteiger partial charge in [-0.25, -0.2) is 0 Å². The van der Waals surface area contributed by atoms with Crippen LogP contribution >= 0.6 is 31.9 Å². The average molecular weight is 549 g/mol. The molecule has 0 aliphatic rings. The van der Waals surface area contributed by atoms with Crippen molar-refractivity contribution in [2.24, 2.45) is 4.99 Å². The highest BCUT2D eigenvalue weighted by atomic mass is 79.9. The molecule has 0 N–H and O–H groups in total. The fraction of sp³-hybridized carbons (Fsp3) is 0.0952. The summed E-state index contributed by atoms with van der Waals surface area (Å²) in [4.78, 5) is 25.5. The van der Waals surface area contributed by atoms with Gasteiger partial charge in [0.2, 0.25) is 5.75 Å². The van der Waals surface area contributed by atoms with Crippen molar-refractivity contribution in [3.8, 4) is 11.5 Å². The number of hydrogen-bond donors (Lipinski definition) is 0. The summed E-state index contributed by atoms with van der Waals surface area (Å²) in [6.07, 6.45) is 1.60. The van der Waals surface area contributed by atoms with Crippen molar-refractivity contribution in [1.82, 2.24) is 0 Å². The Morgan fingerprint density at radius 1 is 0.968 bits per heavy atom. The number of nitro benzene ring substituents is 2. The number of nitro groups is 2. The van der Waals surface area contributed by atoms with Crippen molar-refractivity contribution in [3.63, 3.8) is 0 Å². The van der Waals surface area contributed by atoms with Gasteiger partial charge in [0.25, 0.3) is 5.69 Å². The number of non-ortho nitro benzene ring substituents is 1. The zero-order chi connectivity index (χ0) is 22.7. The van der Waals surface area contributed by atoms with Gasteiger partial charge < -0.3 is 4.74 Å². The summed E-state index contributed by atoms with van der Waals surface area (Å²) < 4.78 is 7.11. The maximum atomic E-state index is 11.4. The van der Waals surface area contributed by atoms with Crippen molar-refractivity contribution in [3.05, 3.63) is 94.4 Å². The molecule has 0 aliphatic heterocycles. The Kier molecular flexibility index (Phi) is 6.81. The fourth-order valence-electron chi connectivity index (χ4n) is 2.74. The van der Waals surface area contributed by atoms with Crippen LogP contribution in [0.5, 0.6) is 11.5 Å². The first-order valence-corrected chi connectivity index (χ1v) is 10.5. The van der Waals surface area contributed by atoms with Gasteiger partial charge in [0.05, 0.1) is 26.1 Å². The number of aliphatic imine (C=N–C) groups is 1. The molecule has 0 aliphatic carbocycles. The van der Waals surface area contributed by atoms with Crippen LogP contribution in [-0.4, -0.2) is 16.1 Å². The quantitative estimate of drug-likeness (QED) is 0.184. The molecule has 0 unspecified atom stereocenters. The third-order valence-corrected chi connectivity index (χ3v) is 5.35. The summed E-state index contributed by atoms with van der Waals surface area (Å²) in [6.45, 7) is 3.91. The minimum atomic E-state index is -0.723. The van der Waals surface area contributed by atoms with Crippen LogP contribution in [-0.2, 0) is 0 Å². The second kappa shape index (κ2) is 9.36. The normalized spacial score (nSPS) is 11.0. The van der Waals surface area contributed by atoms with Gasteiger partial charge in [0.1, 0.15) is 0 Å². The molecule has 0 saturated heterocycles. The minimum absolute atomic E-state index is 0.125. The number of benzene rings is 3. The van der Waals surface area contributed by atoms with E-state index in [9.17, 15) is 20.2 Å². The van der Waals surface area contributed by atoms with Crippen molar-refractivity contribution in [1.29, 1.82) is 0 Å². The molecule has 3 rings (SSSR count). The summed E-state index contributed by atoms with van der Waals surface area (Å²) in [5.41, 5.74) is 2.47. The largest absolute Gasteiger partial charge is 0.448 e. The van der Waals surface area contributed by atoms with Crippen LogP contribution in [0.2, 0.25) is 0 Å². The second-order valence-electron chi connectivity index (χ2n) is 6.62. The number of hydrogen-bond acceptors (Lipinski definition) is 6. The van der Waals surface area contributed by atoms with Crippen molar-refractivity contribution in [2.75, 3.05) is 0 Å². The number of halogens is 2. The van der Waals surface area contributed by atoms with E-state index in [0.717, 1.165) is 33.4 Å². The molecule has 0 bridgehead atoms. The van der Waals surface area contributed by atoms with Gasteiger partial charge in [-0.1, -0.05) is 28.1 Å². The predicted octanol–water partition coefficient (Wildman–Crippen LogP) is 7.19. The highest BCUT2D eigenvalue weighted by Gasteiger charge is 2.23. The molecule has 0 aromatic heterocycles. The summed E-state index contributed by atoms with van der Waals surface area (Å²) in [5, 5.41) is 22.4. The first kappa shape index (κ1) is 22.6. The molecule has 0 amide bonds. The van der Waals surface area contributed by atoms with Gasteiger partial charge in [-0.3, -0.25) is 25.2 Å². The Labute approximate surface area is 194 Å². The van der Waals surface area contributed by atoms with Crippen molar-refractivity contribution in [2.45, 2.75) is 13.8 Å². The first-order valence-electron chi connectivity index (χ1n) is 8.86. The lowest BCUT2D eigenvalue weighted by Gasteiger charge is -2.12. The third-order valence-electron chi connectivity index (χ3n) is 4.31. The van der Waals surface area contributed by atoms with Gasteiger partial charge in [0.15, 0.2) is 5.75 Å². The molecule has 10 heteroatoms. The highest BCUT2D eigenvalue weighted by Crippen LogP contribution is 2.40. The lowest BCUT2D eigenvalue weighted by molar-refractivity contribution is -0.394. The average Bonchev–Trinajstić information content (AvgIpc) is 2.70. The van der Waals surface area contributed by atoms with Crippen LogP contribution in [0.4, 0.5) is 17.1 Å². The monoisotopic (exact) mass is 547 g/mol. The zero-order valence-electron chi connectivity index (χ0n) is 16.3. The smallest absolute Gasteiger partial charge is 0.318 e. The Hall–Kier alpha value is -3.11. The fourth-order valence-corrected chi connectivity index (χ4v) is 4.08. The third kappa shape index (κ3) is 5.33. The standard InChI is InChI=1S/C21H15Br2N3O5/c1-12-3-4-13(2)18(7-12)24-11-14-8-15(22)9-17(23)21(14)31-20-6-5-16(25(27)28)10-19(20)26(29)30/h3-11H,1-2H3. The zero-order valence-corrected chi connectivity index (χ0v) is 19.5. The summed E-state index contributed by atoms with van der Waals surface area (Å²) in [7, 11) is 0. The second-order valence-corrected chi connectivity index (χ2v) is 8.39. The number of aryl methyl sites for hydroxylation is 2. The Balaban J connectivity index is 2.07. The molecule has 0 fully saturated rings. The molecule has 0 atom stereocenters. The van der Waals surface area contributed by atoms with Gasteiger partial charge in [-0.15, -0.1) is 0 Å². The summed E-state index contributed by atoms with van der Waals surface area (Å²) >= 11 is 6.83. The van der Waals surface area contributed by atoms with Crippen molar-refractivity contribution >= 4 is 55.1 Å². The molecule has 0 radical (unpaired) electrons. The molecule has 0 heterocycles. The molecule has 8 nitrogen and oxygen atoms in total. The van der Waals surface area contributed by atoms with Gasteiger partial charge in [-0.05, 0) is 65.2 Å². The number of rotatable bonds is 6. The van der Waals surface area contributed by atoms with E-state index < -0.39 is 21.2 Å². The van der Waals surface area contributed by atoms with E-state index in [4.69, 9.17) is 4.74 Å². The van der Waals surface area contributed by atoms with E-state index in [1.807, 2.05) is 32.0 Å². The van der Waals surface area contributed by atoms with Crippen LogP contribution in [0.3, 0.4) is 0 Å². The van der Waals surface area contributed by atoms with E-state index in [-0.39, 0.29) is 11.5 Å². The maximum Gasteiger partial charge on any atom is 0.318 e. The predicted molar refractivity (Wildman–Crippen MR) is 125 cm³/mol. The molecule has 3 aromatic rings. The Morgan fingerprint density at radius 3 is 2.39 bits per heavy atom. The molecular formula is C21H15Br2N3O5. The lowest BCUT2D eigenvalue weighted by atomic mass is 10.1. The molecule has 158 valence electrons. The molecule has 31 heavy (non-hydrogen) atoms. The number of nitrogens with zero attached hydrogens (tertiary/aromatic N) is 3. The Morgan fingerprint density at radius 2 is 1.71 bits per heavy atom. The van der Waals surface area contributed by atoms with Gasteiger partial charge >= 0.3 is 5.69 Å². The summed E-state index contributed by atoms with van der Waals surface area (Å²) in [6, 6.07) is 12.6. The first-order chi connectivity index (χ1) is 14.7. The molecule has 0 spiro atoms. The van der Waals surface area contributed by atoms with Crippen molar-refractivity contribution < 1.29 is 14.6 Å². The van der Waals surface area contributed by atoms with E-state index in [2.05, 4.69) is 36.9 Å². The van der Waals surface area contributed by atoms with Crippen LogP contribution in [0.15, 0.2) is 62.5 Å². The topological polar surface area (TPSA) is 108 Å². The molecule has 0 saturated carbocycles. The van der Waals surface area contributed by atoms with E-state index in [0.29, 0.717) is 10.0 Å². The highest BCUT2D eigenvalue weighted by molar-refractivity contribution is 9.11. The van der Waals surface area contributed by atoms with Crippen LogP contribution < -0.4 is 4.74 Å². The molecular weight excluding hydrogens is 534 g/mol. The lowest BCUT2D eigenvalue weighted by Crippen LogP contribution is -1.98. The van der Waals surface area contributed by atoms with Crippen LogP contribution in [0, 0.1) is 34.1 Å². The summed E-state index contributed by atoms with van der Waals surface area (Å²) in [5.74, 6) is 0.161. The number of ether oxygens (including phenoxy) is 1. The van der Waals surface area contributed by atoms with E-state index >= 15 is 0 Å². The van der Waals surface area contributed by atoms with Gasteiger partial charge in [0, 0.05) is 22.3 Å². The molecule has 3 aromatic carbocycles. The van der Waals surface area contributed by atoms with Crippen LogP contribution in [0.1, 0.15) is 16.7 Å². The maximum absolute atomic E-state index is 11.4. The van der Waals surface area contributed by atoms with E-state index in [1.54, 1.807) is 18.3 Å². The SMILES string of the molecule is Cc1ccc(C)c(N=Cc2cc(Br)cc(Br)c2Oc2ccc([N+](=O)[O-])cc2[N+](=O)[O-])c1. The minimum Gasteiger partial charge on any atom is -0.448 e. The van der Waals surface area contributed by atoms with Crippen LogP contribution in [0.25, 0.3) is 0 Å². The Bertz CT molecular complexity index is 1230.